The lowest BCUT2D eigenvalue weighted by Crippen LogP contribution is -2.28. The second-order valence-electron chi connectivity index (χ2n) is 6.34. The minimum absolute atomic E-state index is 0.101. The highest BCUT2D eigenvalue weighted by Gasteiger charge is 2.27. The Morgan fingerprint density at radius 3 is 2.36 bits per heavy atom. The van der Waals surface area contributed by atoms with E-state index in [0.29, 0.717) is 5.92 Å². The number of likely N-dealkylation sites (tertiary alicyclic amines) is 1. The number of benzene rings is 1. The second kappa shape index (κ2) is 6.85. The van der Waals surface area contributed by atoms with Gasteiger partial charge in [-0.3, -0.25) is 14.8 Å². The van der Waals surface area contributed by atoms with E-state index in [2.05, 4.69) is 16.0 Å². The van der Waals surface area contributed by atoms with Gasteiger partial charge in [-0.15, -0.1) is 0 Å². The highest BCUT2D eigenvalue weighted by Crippen LogP contribution is 2.28. The predicted octanol–water partition coefficient (Wildman–Crippen LogP) is 3.77. The van der Waals surface area contributed by atoms with Crippen LogP contribution >= 0.6 is 0 Å². The maximum atomic E-state index is 12.8. The monoisotopic (exact) mass is 329 g/mol. The molecule has 2 aromatic heterocycles. The molecule has 1 aliphatic heterocycles. The van der Waals surface area contributed by atoms with Gasteiger partial charge < -0.3 is 4.90 Å². The molecule has 3 heterocycles. The summed E-state index contributed by atoms with van der Waals surface area (Å²) in [6.45, 7) is 1.55. The molecule has 4 heteroatoms. The largest absolute Gasteiger partial charge is 0.338 e. The van der Waals surface area contributed by atoms with Crippen LogP contribution in [0.1, 0.15) is 28.3 Å². The lowest BCUT2D eigenvalue weighted by molar-refractivity contribution is 0.0791. The van der Waals surface area contributed by atoms with Crippen LogP contribution in [0.2, 0.25) is 0 Å². The lowest BCUT2D eigenvalue weighted by atomic mass is 10.0. The van der Waals surface area contributed by atoms with Crippen LogP contribution in [0.4, 0.5) is 0 Å². The maximum absolute atomic E-state index is 12.8. The molecule has 1 saturated heterocycles. The summed E-state index contributed by atoms with van der Waals surface area (Å²) in [5.41, 5.74) is 4.07. The van der Waals surface area contributed by atoms with Gasteiger partial charge in [0.15, 0.2) is 0 Å². The van der Waals surface area contributed by atoms with Crippen LogP contribution in [0.3, 0.4) is 0 Å². The molecule has 1 amide bonds. The van der Waals surface area contributed by atoms with Crippen LogP contribution in [0.5, 0.6) is 0 Å². The van der Waals surface area contributed by atoms with Crippen molar-refractivity contribution in [3.8, 4) is 11.1 Å². The Balaban J connectivity index is 1.46. The Hall–Kier alpha value is -3.01. The third-order valence-electron chi connectivity index (χ3n) is 4.76. The summed E-state index contributed by atoms with van der Waals surface area (Å²) in [4.78, 5) is 23.0. The molecule has 3 aromatic rings. The summed E-state index contributed by atoms with van der Waals surface area (Å²) in [6, 6.07) is 15.8. The topological polar surface area (TPSA) is 46.1 Å². The van der Waals surface area contributed by atoms with Gasteiger partial charge >= 0.3 is 0 Å². The average molecular weight is 329 g/mol. The van der Waals surface area contributed by atoms with Crippen molar-refractivity contribution in [3.05, 3.63) is 84.4 Å². The summed E-state index contributed by atoms with van der Waals surface area (Å²) in [7, 11) is 0. The standard InChI is InChI=1S/C21H19N3O/c25-21(24-12-9-20(15-24)19-4-2-11-23-14-19)17-7-5-16(6-8-17)18-3-1-10-22-13-18/h1-8,10-11,13-14,20H,9,12,15H2. The molecule has 0 spiro atoms. The quantitative estimate of drug-likeness (QED) is 0.735. The molecule has 1 unspecified atom stereocenters. The summed E-state index contributed by atoms with van der Waals surface area (Å²) in [5, 5.41) is 0. The Bertz CT molecular complexity index is 847. The van der Waals surface area contributed by atoms with Gasteiger partial charge in [0.1, 0.15) is 0 Å². The molecule has 0 saturated carbocycles. The molecular weight excluding hydrogens is 310 g/mol. The number of nitrogens with zero attached hydrogens (tertiary/aromatic N) is 3. The van der Waals surface area contributed by atoms with Gasteiger partial charge in [0, 0.05) is 49.4 Å². The first-order chi connectivity index (χ1) is 12.3. The zero-order valence-electron chi connectivity index (χ0n) is 13.9. The highest BCUT2D eigenvalue weighted by molar-refractivity contribution is 5.95. The summed E-state index contributed by atoms with van der Waals surface area (Å²) >= 11 is 0. The minimum Gasteiger partial charge on any atom is -0.338 e. The van der Waals surface area contributed by atoms with E-state index >= 15 is 0 Å². The molecule has 0 aliphatic carbocycles. The van der Waals surface area contributed by atoms with Crippen molar-refractivity contribution >= 4 is 5.91 Å². The third-order valence-corrected chi connectivity index (χ3v) is 4.76. The van der Waals surface area contributed by atoms with E-state index < -0.39 is 0 Å². The summed E-state index contributed by atoms with van der Waals surface area (Å²) in [6.07, 6.45) is 8.26. The molecule has 25 heavy (non-hydrogen) atoms. The number of amides is 1. The van der Waals surface area contributed by atoms with Gasteiger partial charge in [-0.25, -0.2) is 0 Å². The fraction of sp³-hybridized carbons (Fsp3) is 0.190. The first-order valence-corrected chi connectivity index (χ1v) is 8.51. The molecular formula is C21H19N3O. The van der Waals surface area contributed by atoms with E-state index in [-0.39, 0.29) is 5.91 Å². The van der Waals surface area contributed by atoms with Crippen molar-refractivity contribution in [1.29, 1.82) is 0 Å². The number of carbonyl (C=O) groups is 1. The predicted molar refractivity (Wildman–Crippen MR) is 97.2 cm³/mol. The van der Waals surface area contributed by atoms with Gasteiger partial charge in [0.05, 0.1) is 0 Å². The smallest absolute Gasteiger partial charge is 0.253 e. The zero-order chi connectivity index (χ0) is 17.1. The van der Waals surface area contributed by atoms with Gasteiger partial charge in [-0.2, -0.15) is 0 Å². The Kier molecular flexibility index (Phi) is 4.25. The molecule has 1 aliphatic rings. The molecule has 124 valence electrons. The van der Waals surface area contributed by atoms with Crippen LogP contribution in [-0.4, -0.2) is 33.9 Å². The molecule has 4 nitrogen and oxygen atoms in total. The Morgan fingerprint density at radius 1 is 0.920 bits per heavy atom. The summed E-state index contributed by atoms with van der Waals surface area (Å²) < 4.78 is 0. The van der Waals surface area contributed by atoms with Crippen molar-refractivity contribution in [3.63, 3.8) is 0 Å². The number of carbonyl (C=O) groups excluding carboxylic acids is 1. The van der Waals surface area contributed by atoms with Gasteiger partial charge in [0.2, 0.25) is 0 Å². The third kappa shape index (κ3) is 3.29. The molecule has 4 rings (SSSR count). The zero-order valence-corrected chi connectivity index (χ0v) is 13.9. The van der Waals surface area contributed by atoms with E-state index in [4.69, 9.17) is 0 Å². The lowest BCUT2D eigenvalue weighted by Gasteiger charge is -2.17. The van der Waals surface area contributed by atoms with Crippen molar-refractivity contribution in [2.45, 2.75) is 12.3 Å². The van der Waals surface area contributed by atoms with Crippen LogP contribution in [0.15, 0.2) is 73.3 Å². The minimum atomic E-state index is 0.101. The number of pyridine rings is 2. The van der Waals surface area contributed by atoms with Gasteiger partial charge in [-0.1, -0.05) is 24.3 Å². The molecule has 1 fully saturated rings. The SMILES string of the molecule is O=C(c1ccc(-c2cccnc2)cc1)N1CCC(c2cccnc2)C1. The van der Waals surface area contributed by atoms with Crippen molar-refractivity contribution in [2.75, 3.05) is 13.1 Å². The normalized spacial score (nSPS) is 16.8. The average Bonchev–Trinajstić information content (AvgIpc) is 3.19. The van der Waals surface area contributed by atoms with Crippen LogP contribution < -0.4 is 0 Å². The summed E-state index contributed by atoms with van der Waals surface area (Å²) in [5.74, 6) is 0.483. The van der Waals surface area contributed by atoms with Crippen LogP contribution in [0, 0.1) is 0 Å². The first kappa shape index (κ1) is 15.5. The molecule has 1 atom stereocenters. The Morgan fingerprint density at radius 2 is 1.68 bits per heavy atom. The first-order valence-electron chi connectivity index (χ1n) is 8.51. The van der Waals surface area contributed by atoms with Gasteiger partial charge in [0.25, 0.3) is 5.91 Å². The fourth-order valence-electron chi connectivity index (χ4n) is 3.36. The fourth-order valence-corrected chi connectivity index (χ4v) is 3.36. The van der Waals surface area contributed by atoms with Crippen molar-refractivity contribution in [2.24, 2.45) is 0 Å². The van der Waals surface area contributed by atoms with Crippen LogP contribution in [-0.2, 0) is 0 Å². The Labute approximate surface area is 147 Å². The van der Waals surface area contributed by atoms with E-state index in [0.717, 1.165) is 36.2 Å². The van der Waals surface area contributed by atoms with Crippen LogP contribution in [0.25, 0.3) is 11.1 Å². The molecule has 1 aromatic carbocycles. The van der Waals surface area contributed by atoms with E-state index in [1.807, 2.05) is 59.8 Å². The second-order valence-corrected chi connectivity index (χ2v) is 6.34. The molecule has 0 radical (unpaired) electrons. The molecule has 0 N–H and O–H groups in total. The van der Waals surface area contributed by atoms with Crippen molar-refractivity contribution < 1.29 is 4.79 Å². The van der Waals surface area contributed by atoms with Gasteiger partial charge in [-0.05, 0) is 47.4 Å². The van der Waals surface area contributed by atoms with E-state index in [9.17, 15) is 4.79 Å². The van der Waals surface area contributed by atoms with Crippen molar-refractivity contribution in [1.82, 2.24) is 14.9 Å². The van der Waals surface area contributed by atoms with E-state index in [1.54, 1.807) is 12.4 Å². The maximum Gasteiger partial charge on any atom is 0.253 e. The number of rotatable bonds is 3. The number of hydrogen-bond acceptors (Lipinski definition) is 3. The number of hydrogen-bond donors (Lipinski definition) is 0. The number of aromatic nitrogens is 2. The highest BCUT2D eigenvalue weighted by atomic mass is 16.2. The van der Waals surface area contributed by atoms with E-state index in [1.165, 1.54) is 5.56 Å². The molecule has 0 bridgehead atoms.